The summed E-state index contributed by atoms with van der Waals surface area (Å²) in [6.07, 6.45) is 3.44. The molecule has 6 heteroatoms. The van der Waals surface area contributed by atoms with Crippen LogP contribution in [0.15, 0.2) is 54.0 Å². The average molecular weight is 362 g/mol. The van der Waals surface area contributed by atoms with Crippen molar-refractivity contribution in [3.05, 3.63) is 76.2 Å². The summed E-state index contributed by atoms with van der Waals surface area (Å²) in [5.74, 6) is -0.0290. The highest BCUT2D eigenvalue weighted by Crippen LogP contribution is 2.37. The van der Waals surface area contributed by atoms with Crippen LogP contribution in [-0.4, -0.2) is 40.3 Å². The zero-order valence-corrected chi connectivity index (χ0v) is 15.7. The van der Waals surface area contributed by atoms with E-state index in [0.29, 0.717) is 18.7 Å². The van der Waals surface area contributed by atoms with E-state index >= 15 is 0 Å². The Morgan fingerprint density at radius 2 is 1.89 bits per heavy atom. The van der Waals surface area contributed by atoms with Crippen molar-refractivity contribution in [2.75, 3.05) is 13.6 Å². The van der Waals surface area contributed by atoms with Crippen LogP contribution in [-0.2, 0) is 11.3 Å². The highest BCUT2D eigenvalue weighted by Gasteiger charge is 2.43. The van der Waals surface area contributed by atoms with Crippen LogP contribution in [0.1, 0.15) is 28.3 Å². The number of benzene rings is 1. The first-order valence-corrected chi connectivity index (χ1v) is 8.98. The first kappa shape index (κ1) is 17.3. The van der Waals surface area contributed by atoms with Gasteiger partial charge in [0.1, 0.15) is 0 Å². The lowest BCUT2D eigenvalue weighted by atomic mass is 9.91. The number of carbonyl (C=O) groups is 2. The molecule has 0 fully saturated rings. The number of hydrogen-bond donors (Lipinski definition) is 1. The first-order valence-electron chi connectivity index (χ1n) is 8.98. The van der Waals surface area contributed by atoms with E-state index in [4.69, 9.17) is 0 Å². The zero-order chi connectivity index (χ0) is 19.1. The molecule has 2 aromatic rings. The minimum absolute atomic E-state index is 0.0290. The summed E-state index contributed by atoms with van der Waals surface area (Å²) >= 11 is 0. The Balaban J connectivity index is 1.71. The number of aromatic nitrogens is 1. The molecule has 0 radical (unpaired) electrons. The van der Waals surface area contributed by atoms with Crippen LogP contribution in [0.25, 0.3) is 0 Å². The Kier molecular flexibility index (Phi) is 4.18. The summed E-state index contributed by atoms with van der Waals surface area (Å²) in [5.41, 5.74) is 5.65. The zero-order valence-electron chi connectivity index (χ0n) is 15.7. The Labute approximate surface area is 158 Å². The molecule has 1 atom stereocenters. The van der Waals surface area contributed by atoms with E-state index < -0.39 is 6.04 Å². The van der Waals surface area contributed by atoms with Gasteiger partial charge in [-0.05, 0) is 42.7 Å². The number of urea groups is 1. The van der Waals surface area contributed by atoms with E-state index in [0.717, 1.165) is 28.0 Å². The smallest absolute Gasteiger partial charge is 0.322 e. The maximum absolute atomic E-state index is 13.2. The number of likely N-dealkylation sites (N-methyl/N-ethyl adjacent to an activating group) is 1. The monoisotopic (exact) mass is 362 g/mol. The Morgan fingerprint density at radius 3 is 2.59 bits per heavy atom. The van der Waals surface area contributed by atoms with Crippen molar-refractivity contribution in [3.8, 4) is 0 Å². The molecule has 2 aliphatic rings. The van der Waals surface area contributed by atoms with Crippen LogP contribution in [0.2, 0.25) is 0 Å². The summed E-state index contributed by atoms with van der Waals surface area (Å²) in [5, 5.41) is 3.00. The van der Waals surface area contributed by atoms with Crippen molar-refractivity contribution in [1.29, 1.82) is 0 Å². The van der Waals surface area contributed by atoms with Gasteiger partial charge in [-0.1, -0.05) is 23.8 Å². The minimum atomic E-state index is -0.417. The van der Waals surface area contributed by atoms with E-state index in [1.54, 1.807) is 29.2 Å². The number of nitrogens with one attached hydrogen (secondary N) is 1. The Hall–Kier alpha value is -3.15. The molecule has 6 nitrogen and oxygen atoms in total. The molecule has 4 rings (SSSR count). The lowest BCUT2D eigenvalue weighted by Gasteiger charge is -2.31. The lowest BCUT2D eigenvalue weighted by Crippen LogP contribution is -2.45. The SMILES string of the molecule is Cc1ccc(C2NC(=O)N(C)C3=C2C(=O)N(Cc2ccncc2)C3)c(C)c1. The highest BCUT2D eigenvalue weighted by atomic mass is 16.2. The van der Waals surface area contributed by atoms with Gasteiger partial charge in [0.05, 0.1) is 23.9 Å². The number of nitrogens with zero attached hydrogens (tertiary/aromatic N) is 3. The third kappa shape index (κ3) is 2.97. The molecular weight excluding hydrogens is 340 g/mol. The quantitative estimate of drug-likeness (QED) is 0.913. The van der Waals surface area contributed by atoms with Crippen LogP contribution in [0.5, 0.6) is 0 Å². The molecule has 1 aromatic heterocycles. The molecule has 1 N–H and O–H groups in total. The standard InChI is InChI=1S/C21H22N4O2/c1-13-4-5-16(14(2)10-13)19-18-17(24(3)21(27)23-19)12-25(20(18)26)11-15-6-8-22-9-7-15/h4-10,19H,11-12H2,1-3H3,(H,23,27). The molecule has 0 spiro atoms. The number of pyridine rings is 1. The van der Waals surface area contributed by atoms with Gasteiger partial charge >= 0.3 is 6.03 Å². The maximum Gasteiger partial charge on any atom is 0.322 e. The largest absolute Gasteiger partial charge is 0.329 e. The number of amides is 3. The van der Waals surface area contributed by atoms with Gasteiger partial charge in [-0.15, -0.1) is 0 Å². The summed E-state index contributed by atoms with van der Waals surface area (Å²) in [6, 6.07) is 9.30. The second kappa shape index (κ2) is 6.54. The van der Waals surface area contributed by atoms with Crippen LogP contribution in [0.4, 0.5) is 4.79 Å². The second-order valence-corrected chi connectivity index (χ2v) is 7.18. The van der Waals surface area contributed by atoms with Gasteiger partial charge in [-0.3, -0.25) is 14.7 Å². The predicted molar refractivity (Wildman–Crippen MR) is 102 cm³/mol. The topological polar surface area (TPSA) is 65.5 Å². The van der Waals surface area contributed by atoms with Crippen molar-refractivity contribution in [1.82, 2.24) is 20.1 Å². The fourth-order valence-corrected chi connectivity index (χ4v) is 3.84. The number of rotatable bonds is 3. The fourth-order valence-electron chi connectivity index (χ4n) is 3.84. The Bertz CT molecular complexity index is 952. The molecule has 138 valence electrons. The van der Waals surface area contributed by atoms with E-state index in [9.17, 15) is 9.59 Å². The number of hydrogen-bond acceptors (Lipinski definition) is 3. The molecule has 3 amide bonds. The van der Waals surface area contributed by atoms with Crippen LogP contribution < -0.4 is 5.32 Å². The summed E-state index contributed by atoms with van der Waals surface area (Å²) in [7, 11) is 1.71. The van der Waals surface area contributed by atoms with E-state index in [-0.39, 0.29) is 11.9 Å². The third-order valence-electron chi connectivity index (χ3n) is 5.29. The van der Waals surface area contributed by atoms with Gasteiger partial charge in [0.2, 0.25) is 0 Å². The first-order chi connectivity index (χ1) is 13.0. The highest BCUT2D eigenvalue weighted by molar-refractivity contribution is 6.01. The second-order valence-electron chi connectivity index (χ2n) is 7.18. The van der Waals surface area contributed by atoms with Gasteiger partial charge in [-0.25, -0.2) is 4.79 Å². The fraction of sp³-hybridized carbons (Fsp3) is 0.286. The normalized spacial score (nSPS) is 19.4. The van der Waals surface area contributed by atoms with Crippen molar-refractivity contribution >= 4 is 11.9 Å². The van der Waals surface area contributed by atoms with Crippen LogP contribution in [0.3, 0.4) is 0 Å². The molecule has 0 saturated carbocycles. The van der Waals surface area contributed by atoms with E-state index in [1.165, 1.54) is 0 Å². The average Bonchev–Trinajstić information content (AvgIpc) is 2.96. The van der Waals surface area contributed by atoms with Gasteiger partial charge < -0.3 is 10.2 Å². The molecule has 1 unspecified atom stereocenters. The van der Waals surface area contributed by atoms with Gasteiger partial charge in [0.15, 0.2) is 0 Å². The summed E-state index contributed by atoms with van der Waals surface area (Å²) in [4.78, 5) is 33.1. The third-order valence-corrected chi connectivity index (χ3v) is 5.29. The van der Waals surface area contributed by atoms with E-state index in [2.05, 4.69) is 16.4 Å². The van der Waals surface area contributed by atoms with Gasteiger partial charge in [0.25, 0.3) is 5.91 Å². The predicted octanol–water partition coefficient (Wildman–Crippen LogP) is 2.69. The molecule has 0 aliphatic carbocycles. The molecule has 3 heterocycles. The van der Waals surface area contributed by atoms with Crippen LogP contribution >= 0.6 is 0 Å². The van der Waals surface area contributed by atoms with Crippen molar-refractivity contribution in [2.45, 2.75) is 26.4 Å². The summed E-state index contributed by atoms with van der Waals surface area (Å²) < 4.78 is 0. The maximum atomic E-state index is 13.2. The molecular formula is C21H22N4O2. The molecule has 27 heavy (non-hydrogen) atoms. The summed E-state index contributed by atoms with van der Waals surface area (Å²) in [6.45, 7) is 4.98. The van der Waals surface area contributed by atoms with Gasteiger partial charge in [-0.2, -0.15) is 0 Å². The lowest BCUT2D eigenvalue weighted by molar-refractivity contribution is -0.126. The molecule has 1 aromatic carbocycles. The van der Waals surface area contributed by atoms with Crippen molar-refractivity contribution in [2.24, 2.45) is 0 Å². The molecule has 0 saturated heterocycles. The molecule has 0 bridgehead atoms. The van der Waals surface area contributed by atoms with Crippen LogP contribution in [0, 0.1) is 13.8 Å². The molecule has 2 aliphatic heterocycles. The number of aryl methyl sites for hydroxylation is 2. The van der Waals surface area contributed by atoms with Crippen molar-refractivity contribution < 1.29 is 9.59 Å². The van der Waals surface area contributed by atoms with Crippen molar-refractivity contribution in [3.63, 3.8) is 0 Å². The Morgan fingerprint density at radius 1 is 1.15 bits per heavy atom. The minimum Gasteiger partial charge on any atom is -0.329 e. The number of carbonyl (C=O) groups excluding carboxylic acids is 2. The van der Waals surface area contributed by atoms with E-state index in [1.807, 2.05) is 38.1 Å². The van der Waals surface area contributed by atoms with Gasteiger partial charge in [0, 0.05) is 26.0 Å².